The minimum absolute atomic E-state index is 0.114. The fraction of sp³-hybridized carbons (Fsp3) is 0.263. The summed E-state index contributed by atoms with van der Waals surface area (Å²) in [5.41, 5.74) is 0.337. The van der Waals surface area contributed by atoms with Gasteiger partial charge in [-0.2, -0.15) is 0 Å². The van der Waals surface area contributed by atoms with Gasteiger partial charge in [0.1, 0.15) is 5.75 Å². The van der Waals surface area contributed by atoms with Gasteiger partial charge in [0.2, 0.25) is 5.91 Å². The number of hydrogen-bond donors (Lipinski definition) is 2. The molecule has 2 aromatic rings. The molecule has 0 saturated heterocycles. The van der Waals surface area contributed by atoms with Gasteiger partial charge in [-0.3, -0.25) is 9.59 Å². The molecule has 0 spiro atoms. The van der Waals surface area contributed by atoms with Crippen LogP contribution in [0.2, 0.25) is 15.1 Å². The molecule has 27 heavy (non-hydrogen) atoms. The Morgan fingerprint density at radius 3 is 2.41 bits per heavy atom. The van der Waals surface area contributed by atoms with Crippen LogP contribution in [0.1, 0.15) is 23.2 Å². The van der Waals surface area contributed by atoms with E-state index in [1.54, 1.807) is 24.3 Å². The number of nitrogens with one attached hydrogen (secondary N) is 2. The normalized spacial score (nSPS) is 10.3. The number of amides is 2. The van der Waals surface area contributed by atoms with Gasteiger partial charge in [0.25, 0.3) is 5.91 Å². The van der Waals surface area contributed by atoms with E-state index in [-0.39, 0.29) is 16.8 Å². The Labute approximate surface area is 172 Å². The van der Waals surface area contributed by atoms with E-state index in [4.69, 9.17) is 39.5 Å². The van der Waals surface area contributed by atoms with Crippen LogP contribution in [0, 0.1) is 0 Å². The molecule has 5 nitrogen and oxygen atoms in total. The molecular formula is C19H19Cl3N2O3. The Bertz CT molecular complexity index is 800. The van der Waals surface area contributed by atoms with Crippen LogP contribution in [0.15, 0.2) is 42.5 Å². The summed E-state index contributed by atoms with van der Waals surface area (Å²) in [5, 5.41) is 6.70. The number of halogens is 3. The highest BCUT2D eigenvalue weighted by Crippen LogP contribution is 2.23. The number of para-hydroxylation sites is 1. The van der Waals surface area contributed by atoms with Crippen molar-refractivity contribution in [1.29, 1.82) is 0 Å². The highest BCUT2D eigenvalue weighted by molar-refractivity contribution is 6.36. The van der Waals surface area contributed by atoms with Crippen molar-refractivity contribution in [3.8, 4) is 5.75 Å². The summed E-state index contributed by atoms with van der Waals surface area (Å²) in [6.07, 6.45) is 0.880. The SMILES string of the molecule is O=C(CCCOc1ccccc1Cl)NCCNC(=O)c1ccc(Cl)cc1Cl. The zero-order chi connectivity index (χ0) is 19.6. The van der Waals surface area contributed by atoms with Crippen molar-refractivity contribution < 1.29 is 14.3 Å². The molecular weight excluding hydrogens is 411 g/mol. The maximum Gasteiger partial charge on any atom is 0.252 e. The molecule has 0 unspecified atom stereocenters. The fourth-order valence-corrected chi connectivity index (χ4v) is 2.90. The molecule has 2 rings (SSSR count). The summed E-state index contributed by atoms with van der Waals surface area (Å²) >= 11 is 17.8. The smallest absolute Gasteiger partial charge is 0.252 e. The molecule has 0 atom stereocenters. The Kier molecular flexibility index (Phi) is 8.72. The van der Waals surface area contributed by atoms with Crippen LogP contribution in [0.4, 0.5) is 0 Å². The molecule has 144 valence electrons. The summed E-state index contributed by atoms with van der Waals surface area (Å²) < 4.78 is 5.52. The predicted octanol–water partition coefficient (Wildman–Crippen LogP) is 4.35. The Balaban J connectivity index is 1.59. The largest absolute Gasteiger partial charge is 0.492 e. The van der Waals surface area contributed by atoms with Crippen molar-refractivity contribution in [1.82, 2.24) is 10.6 Å². The van der Waals surface area contributed by atoms with Gasteiger partial charge in [-0.1, -0.05) is 46.9 Å². The molecule has 0 radical (unpaired) electrons. The van der Waals surface area contributed by atoms with Crippen molar-refractivity contribution >= 4 is 46.6 Å². The molecule has 0 saturated carbocycles. The zero-order valence-corrected chi connectivity index (χ0v) is 16.7. The first-order valence-corrected chi connectivity index (χ1v) is 9.48. The van der Waals surface area contributed by atoms with Gasteiger partial charge in [0, 0.05) is 24.5 Å². The second-order valence-corrected chi connectivity index (χ2v) is 6.86. The van der Waals surface area contributed by atoms with E-state index in [2.05, 4.69) is 10.6 Å². The van der Waals surface area contributed by atoms with Crippen LogP contribution in [0.25, 0.3) is 0 Å². The molecule has 2 aromatic carbocycles. The van der Waals surface area contributed by atoms with Crippen LogP contribution >= 0.6 is 34.8 Å². The lowest BCUT2D eigenvalue weighted by Gasteiger charge is -2.09. The number of hydrogen-bond acceptors (Lipinski definition) is 3. The van der Waals surface area contributed by atoms with Gasteiger partial charge in [-0.15, -0.1) is 0 Å². The first kappa shape index (κ1) is 21.4. The van der Waals surface area contributed by atoms with Gasteiger partial charge >= 0.3 is 0 Å². The van der Waals surface area contributed by atoms with E-state index in [0.717, 1.165) is 0 Å². The summed E-state index contributed by atoms with van der Waals surface area (Å²) in [5.74, 6) is 0.165. The van der Waals surface area contributed by atoms with Crippen LogP contribution in [-0.4, -0.2) is 31.5 Å². The van der Waals surface area contributed by atoms with Crippen LogP contribution in [0.5, 0.6) is 5.75 Å². The molecule has 0 heterocycles. The molecule has 2 N–H and O–H groups in total. The van der Waals surface area contributed by atoms with Gasteiger partial charge in [-0.05, 0) is 36.8 Å². The number of benzene rings is 2. The minimum atomic E-state index is -0.320. The summed E-state index contributed by atoms with van der Waals surface area (Å²) in [6.45, 7) is 1.00. The van der Waals surface area contributed by atoms with Gasteiger partial charge < -0.3 is 15.4 Å². The van der Waals surface area contributed by atoms with Crippen molar-refractivity contribution in [2.45, 2.75) is 12.8 Å². The van der Waals surface area contributed by atoms with E-state index >= 15 is 0 Å². The maximum atomic E-state index is 12.0. The molecule has 8 heteroatoms. The molecule has 0 fully saturated rings. The Morgan fingerprint density at radius 2 is 1.67 bits per heavy atom. The highest BCUT2D eigenvalue weighted by atomic mass is 35.5. The molecule has 0 aliphatic carbocycles. The number of ether oxygens (including phenoxy) is 1. The second-order valence-electron chi connectivity index (χ2n) is 5.61. The average Bonchev–Trinajstić information content (AvgIpc) is 2.63. The molecule has 0 bridgehead atoms. The quantitative estimate of drug-likeness (QED) is 0.582. The summed E-state index contributed by atoms with van der Waals surface area (Å²) in [6, 6.07) is 11.8. The molecule has 0 aliphatic rings. The van der Waals surface area contributed by atoms with E-state index in [1.165, 1.54) is 6.07 Å². The molecule has 0 aromatic heterocycles. The van der Waals surface area contributed by atoms with Crippen molar-refractivity contribution in [3.63, 3.8) is 0 Å². The minimum Gasteiger partial charge on any atom is -0.492 e. The Hall–Kier alpha value is -1.95. The summed E-state index contributed by atoms with van der Waals surface area (Å²) in [7, 11) is 0. The summed E-state index contributed by atoms with van der Waals surface area (Å²) in [4.78, 5) is 23.8. The van der Waals surface area contributed by atoms with E-state index < -0.39 is 0 Å². The first-order valence-electron chi connectivity index (χ1n) is 8.34. The monoisotopic (exact) mass is 428 g/mol. The van der Waals surface area contributed by atoms with Crippen LogP contribution < -0.4 is 15.4 Å². The van der Waals surface area contributed by atoms with E-state index in [0.29, 0.717) is 53.9 Å². The fourth-order valence-electron chi connectivity index (χ4n) is 2.21. The highest BCUT2D eigenvalue weighted by Gasteiger charge is 2.10. The lowest BCUT2D eigenvalue weighted by Crippen LogP contribution is -2.34. The third-order valence-corrected chi connectivity index (χ3v) is 4.41. The second kappa shape index (κ2) is 11.0. The third kappa shape index (κ3) is 7.29. The standard InChI is InChI=1S/C19H19Cl3N2O3/c20-13-7-8-14(16(22)12-13)19(26)24-10-9-23-18(25)6-3-11-27-17-5-2-1-4-15(17)21/h1-2,4-5,7-8,12H,3,6,9-11H2,(H,23,25)(H,24,26). The number of carbonyl (C=O) groups excluding carboxylic acids is 2. The average molecular weight is 430 g/mol. The lowest BCUT2D eigenvalue weighted by molar-refractivity contribution is -0.121. The third-order valence-electron chi connectivity index (χ3n) is 3.55. The predicted molar refractivity (Wildman–Crippen MR) is 108 cm³/mol. The van der Waals surface area contributed by atoms with E-state index in [9.17, 15) is 9.59 Å². The van der Waals surface area contributed by atoms with Crippen LogP contribution in [-0.2, 0) is 4.79 Å². The molecule has 0 aliphatic heterocycles. The van der Waals surface area contributed by atoms with Gasteiger partial charge in [0.05, 0.1) is 22.2 Å². The van der Waals surface area contributed by atoms with Gasteiger partial charge in [0.15, 0.2) is 0 Å². The maximum absolute atomic E-state index is 12.0. The lowest BCUT2D eigenvalue weighted by atomic mass is 10.2. The van der Waals surface area contributed by atoms with Crippen molar-refractivity contribution in [3.05, 3.63) is 63.1 Å². The first-order chi connectivity index (χ1) is 13.0. The van der Waals surface area contributed by atoms with Crippen molar-refractivity contribution in [2.24, 2.45) is 0 Å². The van der Waals surface area contributed by atoms with Gasteiger partial charge in [-0.25, -0.2) is 0 Å². The number of rotatable bonds is 9. The van der Waals surface area contributed by atoms with Crippen molar-refractivity contribution in [2.75, 3.05) is 19.7 Å². The van der Waals surface area contributed by atoms with Crippen LogP contribution in [0.3, 0.4) is 0 Å². The molecule has 2 amide bonds. The van der Waals surface area contributed by atoms with E-state index in [1.807, 2.05) is 12.1 Å². The Morgan fingerprint density at radius 1 is 0.926 bits per heavy atom. The number of carbonyl (C=O) groups is 2. The zero-order valence-electron chi connectivity index (χ0n) is 14.4. The topological polar surface area (TPSA) is 67.4 Å².